The molecule has 106 valence electrons. The largest absolute Gasteiger partial charge is 0.489 e. The second kappa shape index (κ2) is 6.81. The Hall–Kier alpha value is -0.740. The minimum Gasteiger partial charge on any atom is -0.489 e. The molecule has 0 radical (unpaired) electrons. The Kier molecular flexibility index (Phi) is 5.33. The van der Waals surface area contributed by atoms with Gasteiger partial charge < -0.3 is 10.5 Å². The van der Waals surface area contributed by atoms with Crippen molar-refractivity contribution < 1.29 is 4.74 Å². The second-order valence-corrected chi connectivity index (χ2v) is 6.24. The van der Waals surface area contributed by atoms with E-state index in [-0.39, 0.29) is 6.04 Å². The molecule has 2 rings (SSSR count). The molecule has 0 aliphatic carbocycles. The topological polar surface area (TPSA) is 35.2 Å². The molecule has 0 saturated carbocycles. The molecule has 2 aromatic rings. The zero-order valence-corrected chi connectivity index (χ0v) is 14.0. The summed E-state index contributed by atoms with van der Waals surface area (Å²) in [6.45, 7) is 2.34. The summed E-state index contributed by atoms with van der Waals surface area (Å²) in [6, 6.07) is 11.2. The monoisotopic (exact) mass is 373 g/mol. The van der Waals surface area contributed by atoms with Crippen molar-refractivity contribution in [3.05, 3.63) is 62.0 Å². The van der Waals surface area contributed by atoms with Gasteiger partial charge >= 0.3 is 0 Å². The maximum Gasteiger partial charge on any atom is 0.125 e. The van der Waals surface area contributed by atoms with E-state index >= 15 is 0 Å². The molecule has 0 heterocycles. The SMILES string of the molecule is CC(N)c1ccc(Br)cc1OCc1ccc(Cl)c(Cl)c1. The fourth-order valence-electron chi connectivity index (χ4n) is 1.80. The quantitative estimate of drug-likeness (QED) is 0.782. The van der Waals surface area contributed by atoms with Crippen LogP contribution in [0, 0.1) is 0 Å². The smallest absolute Gasteiger partial charge is 0.125 e. The van der Waals surface area contributed by atoms with E-state index in [0.717, 1.165) is 21.3 Å². The molecule has 1 unspecified atom stereocenters. The minimum absolute atomic E-state index is 0.0908. The maximum absolute atomic E-state index is 5.99. The van der Waals surface area contributed by atoms with Crippen molar-refractivity contribution in [3.8, 4) is 5.75 Å². The van der Waals surface area contributed by atoms with Gasteiger partial charge in [0.05, 0.1) is 10.0 Å². The summed E-state index contributed by atoms with van der Waals surface area (Å²) >= 11 is 15.3. The average Bonchev–Trinajstić information content (AvgIpc) is 2.40. The third-order valence-electron chi connectivity index (χ3n) is 2.84. The van der Waals surface area contributed by atoms with Crippen LogP contribution < -0.4 is 10.5 Å². The van der Waals surface area contributed by atoms with E-state index in [1.165, 1.54) is 0 Å². The van der Waals surface area contributed by atoms with Crippen LogP contribution in [0.4, 0.5) is 0 Å². The highest BCUT2D eigenvalue weighted by Gasteiger charge is 2.09. The summed E-state index contributed by atoms with van der Waals surface area (Å²) in [7, 11) is 0. The van der Waals surface area contributed by atoms with Gasteiger partial charge in [0.1, 0.15) is 12.4 Å². The predicted octanol–water partition coefficient (Wildman–Crippen LogP) is 5.35. The van der Waals surface area contributed by atoms with Crippen molar-refractivity contribution in [1.82, 2.24) is 0 Å². The highest BCUT2D eigenvalue weighted by atomic mass is 79.9. The molecule has 0 spiro atoms. The molecule has 0 aliphatic heterocycles. The van der Waals surface area contributed by atoms with E-state index in [1.807, 2.05) is 31.2 Å². The van der Waals surface area contributed by atoms with Crippen molar-refractivity contribution in [2.75, 3.05) is 0 Å². The van der Waals surface area contributed by atoms with Crippen LogP contribution in [0.5, 0.6) is 5.75 Å². The van der Waals surface area contributed by atoms with Gasteiger partial charge in [-0.1, -0.05) is 51.3 Å². The molecule has 0 aliphatic rings. The Balaban J connectivity index is 2.17. The van der Waals surface area contributed by atoms with Crippen molar-refractivity contribution >= 4 is 39.1 Å². The first-order valence-corrected chi connectivity index (χ1v) is 7.64. The van der Waals surface area contributed by atoms with Gasteiger partial charge in [0.15, 0.2) is 0 Å². The lowest BCUT2D eigenvalue weighted by Gasteiger charge is -2.14. The Morgan fingerprint density at radius 1 is 1.15 bits per heavy atom. The summed E-state index contributed by atoms with van der Waals surface area (Å²) in [5, 5.41) is 1.06. The molecule has 0 aromatic heterocycles. The van der Waals surface area contributed by atoms with E-state index < -0.39 is 0 Å². The Labute approximate surface area is 137 Å². The number of rotatable bonds is 4. The van der Waals surface area contributed by atoms with E-state index in [9.17, 15) is 0 Å². The zero-order valence-electron chi connectivity index (χ0n) is 10.9. The van der Waals surface area contributed by atoms with E-state index in [4.69, 9.17) is 33.7 Å². The lowest BCUT2D eigenvalue weighted by atomic mass is 10.1. The van der Waals surface area contributed by atoms with Gasteiger partial charge in [-0.15, -0.1) is 0 Å². The van der Waals surface area contributed by atoms with Gasteiger partial charge in [-0.3, -0.25) is 0 Å². The molecule has 20 heavy (non-hydrogen) atoms. The number of halogens is 3. The average molecular weight is 375 g/mol. The third kappa shape index (κ3) is 3.89. The van der Waals surface area contributed by atoms with Crippen LogP contribution in [0.25, 0.3) is 0 Å². The maximum atomic E-state index is 5.99. The van der Waals surface area contributed by atoms with E-state index in [1.54, 1.807) is 12.1 Å². The lowest BCUT2D eigenvalue weighted by Crippen LogP contribution is -2.08. The fraction of sp³-hybridized carbons (Fsp3) is 0.200. The summed E-state index contributed by atoms with van der Waals surface area (Å²) in [5.74, 6) is 0.764. The van der Waals surface area contributed by atoms with Gasteiger partial charge in [0, 0.05) is 16.1 Å². The molecule has 1 atom stereocenters. The van der Waals surface area contributed by atoms with Crippen LogP contribution >= 0.6 is 39.1 Å². The van der Waals surface area contributed by atoms with Gasteiger partial charge in [0.25, 0.3) is 0 Å². The van der Waals surface area contributed by atoms with Crippen molar-refractivity contribution in [1.29, 1.82) is 0 Å². The molecule has 2 aromatic carbocycles. The number of ether oxygens (including phenoxy) is 1. The van der Waals surface area contributed by atoms with Crippen LogP contribution in [-0.4, -0.2) is 0 Å². The normalized spacial score (nSPS) is 12.2. The molecule has 0 amide bonds. The Bertz CT molecular complexity index is 617. The highest BCUT2D eigenvalue weighted by Crippen LogP contribution is 2.29. The van der Waals surface area contributed by atoms with Crippen LogP contribution in [0.1, 0.15) is 24.1 Å². The second-order valence-electron chi connectivity index (χ2n) is 4.51. The van der Waals surface area contributed by atoms with Gasteiger partial charge in [-0.2, -0.15) is 0 Å². The van der Waals surface area contributed by atoms with E-state index in [0.29, 0.717) is 16.7 Å². The molecular weight excluding hydrogens is 361 g/mol. The molecular formula is C15H14BrCl2NO. The Morgan fingerprint density at radius 2 is 1.90 bits per heavy atom. The molecule has 0 bridgehead atoms. The predicted molar refractivity (Wildman–Crippen MR) is 87.5 cm³/mol. The van der Waals surface area contributed by atoms with Crippen LogP contribution in [0.15, 0.2) is 40.9 Å². The van der Waals surface area contributed by atoms with Crippen LogP contribution in [0.3, 0.4) is 0 Å². The van der Waals surface area contributed by atoms with Crippen molar-refractivity contribution in [2.45, 2.75) is 19.6 Å². The van der Waals surface area contributed by atoms with E-state index in [2.05, 4.69) is 15.9 Å². The lowest BCUT2D eigenvalue weighted by molar-refractivity contribution is 0.301. The highest BCUT2D eigenvalue weighted by molar-refractivity contribution is 9.10. The van der Waals surface area contributed by atoms with Gasteiger partial charge in [0.2, 0.25) is 0 Å². The van der Waals surface area contributed by atoms with Gasteiger partial charge in [-0.05, 0) is 36.8 Å². The van der Waals surface area contributed by atoms with Crippen molar-refractivity contribution in [3.63, 3.8) is 0 Å². The molecule has 2 N–H and O–H groups in total. The molecule has 0 saturated heterocycles. The summed E-state index contributed by atoms with van der Waals surface area (Å²) in [5.41, 5.74) is 7.86. The standard InChI is InChI=1S/C15H14BrCl2NO/c1-9(19)12-4-3-11(16)7-15(12)20-8-10-2-5-13(17)14(18)6-10/h2-7,9H,8,19H2,1H3. The minimum atomic E-state index is -0.0908. The first-order chi connectivity index (χ1) is 9.47. The van der Waals surface area contributed by atoms with Crippen LogP contribution in [0.2, 0.25) is 10.0 Å². The van der Waals surface area contributed by atoms with Gasteiger partial charge in [-0.25, -0.2) is 0 Å². The molecule has 5 heteroatoms. The summed E-state index contributed by atoms with van der Waals surface area (Å²) in [6.07, 6.45) is 0. The van der Waals surface area contributed by atoms with Crippen molar-refractivity contribution in [2.24, 2.45) is 5.73 Å². The Morgan fingerprint density at radius 3 is 2.55 bits per heavy atom. The number of benzene rings is 2. The zero-order chi connectivity index (χ0) is 14.7. The number of hydrogen-bond acceptors (Lipinski definition) is 2. The fourth-order valence-corrected chi connectivity index (χ4v) is 2.46. The summed E-state index contributed by atoms with van der Waals surface area (Å²) in [4.78, 5) is 0. The third-order valence-corrected chi connectivity index (χ3v) is 4.08. The first kappa shape index (κ1) is 15.6. The van der Waals surface area contributed by atoms with Crippen LogP contribution in [-0.2, 0) is 6.61 Å². The molecule has 0 fully saturated rings. The first-order valence-electron chi connectivity index (χ1n) is 6.09. The number of nitrogens with two attached hydrogens (primary N) is 1. The summed E-state index contributed by atoms with van der Waals surface area (Å²) < 4.78 is 6.80. The molecule has 2 nitrogen and oxygen atoms in total. The number of hydrogen-bond donors (Lipinski definition) is 1.